The van der Waals surface area contributed by atoms with E-state index in [2.05, 4.69) is 0 Å². The molecule has 2 nitrogen and oxygen atoms in total. The fourth-order valence-electron chi connectivity index (χ4n) is 1.09. The van der Waals surface area contributed by atoms with Crippen molar-refractivity contribution < 1.29 is 13.5 Å². The average molecular weight is 197 g/mol. The van der Waals surface area contributed by atoms with Crippen molar-refractivity contribution in [3.63, 3.8) is 0 Å². The van der Waals surface area contributed by atoms with Gasteiger partial charge in [-0.3, -0.25) is 0 Å². The number of rotatable bonds is 2. The highest BCUT2D eigenvalue weighted by Crippen LogP contribution is 2.25. The number of nitriles is 1. The van der Waals surface area contributed by atoms with Crippen molar-refractivity contribution >= 4 is 0 Å². The molecule has 0 amide bonds. The minimum Gasteiger partial charge on any atom is -0.497 e. The summed E-state index contributed by atoms with van der Waals surface area (Å²) in [6.07, 6.45) is 0. The highest BCUT2D eigenvalue weighted by molar-refractivity contribution is 5.35. The van der Waals surface area contributed by atoms with Gasteiger partial charge in [0.25, 0.3) is 0 Å². The number of halogens is 2. The molecule has 0 radical (unpaired) electrons. The van der Waals surface area contributed by atoms with Crippen molar-refractivity contribution in [1.29, 1.82) is 5.26 Å². The highest BCUT2D eigenvalue weighted by Gasteiger charge is 2.16. The van der Waals surface area contributed by atoms with Gasteiger partial charge in [0.1, 0.15) is 5.75 Å². The predicted octanol–water partition coefficient (Wildman–Crippen LogP) is 2.60. The molecule has 0 saturated heterocycles. The van der Waals surface area contributed by atoms with Gasteiger partial charge in [0.15, 0.2) is 11.6 Å². The van der Waals surface area contributed by atoms with Crippen molar-refractivity contribution in [3.05, 3.63) is 29.3 Å². The topological polar surface area (TPSA) is 33.0 Å². The summed E-state index contributed by atoms with van der Waals surface area (Å²) in [5, 5.41) is 8.59. The van der Waals surface area contributed by atoms with Crippen molar-refractivity contribution in [2.75, 3.05) is 7.11 Å². The summed E-state index contributed by atoms with van der Waals surface area (Å²) < 4.78 is 30.9. The van der Waals surface area contributed by atoms with Gasteiger partial charge in [-0.15, -0.1) is 0 Å². The third kappa shape index (κ3) is 1.82. The van der Waals surface area contributed by atoms with E-state index in [1.165, 1.54) is 20.1 Å². The third-order valence-electron chi connectivity index (χ3n) is 1.93. The fourth-order valence-corrected chi connectivity index (χ4v) is 1.09. The molecule has 0 N–H and O–H groups in total. The van der Waals surface area contributed by atoms with Crippen molar-refractivity contribution in [2.24, 2.45) is 0 Å². The molecule has 74 valence electrons. The van der Waals surface area contributed by atoms with Crippen molar-refractivity contribution in [3.8, 4) is 11.8 Å². The number of nitrogens with zero attached hydrogens (tertiary/aromatic N) is 1. The Bertz CT molecular complexity index is 384. The molecule has 0 aliphatic carbocycles. The monoisotopic (exact) mass is 197 g/mol. The molecule has 1 unspecified atom stereocenters. The molecule has 0 bridgehead atoms. The van der Waals surface area contributed by atoms with E-state index in [9.17, 15) is 8.78 Å². The van der Waals surface area contributed by atoms with Crippen molar-refractivity contribution in [2.45, 2.75) is 12.8 Å². The van der Waals surface area contributed by atoms with Gasteiger partial charge in [0, 0.05) is 11.6 Å². The Labute approximate surface area is 80.7 Å². The lowest BCUT2D eigenvalue weighted by molar-refractivity contribution is 0.404. The van der Waals surface area contributed by atoms with Crippen LogP contribution in [0.3, 0.4) is 0 Å². The summed E-state index contributed by atoms with van der Waals surface area (Å²) in [5.74, 6) is -2.47. The third-order valence-corrected chi connectivity index (χ3v) is 1.93. The van der Waals surface area contributed by atoms with Crippen LogP contribution < -0.4 is 4.74 Å². The largest absolute Gasteiger partial charge is 0.497 e. The van der Waals surface area contributed by atoms with E-state index in [0.29, 0.717) is 0 Å². The summed E-state index contributed by atoms with van der Waals surface area (Å²) in [6.45, 7) is 1.50. The summed E-state index contributed by atoms with van der Waals surface area (Å²) in [6, 6.07) is 4.11. The molecule has 4 heteroatoms. The van der Waals surface area contributed by atoms with Gasteiger partial charge in [-0.2, -0.15) is 5.26 Å². The quantitative estimate of drug-likeness (QED) is 0.730. The molecular weight excluding hydrogens is 188 g/mol. The lowest BCUT2D eigenvalue weighted by Gasteiger charge is -2.08. The van der Waals surface area contributed by atoms with Crippen LogP contribution in [-0.2, 0) is 0 Å². The number of methoxy groups -OCH3 is 1. The van der Waals surface area contributed by atoms with Crippen LogP contribution in [0.2, 0.25) is 0 Å². The number of ether oxygens (including phenoxy) is 1. The molecule has 14 heavy (non-hydrogen) atoms. The molecule has 0 aliphatic heterocycles. The van der Waals surface area contributed by atoms with Crippen LogP contribution in [0.4, 0.5) is 8.78 Å². The van der Waals surface area contributed by atoms with E-state index in [1.54, 1.807) is 0 Å². The second kappa shape index (κ2) is 4.05. The number of hydrogen-bond acceptors (Lipinski definition) is 2. The SMILES string of the molecule is COc1cc(F)c(F)c(C(C)C#N)c1. The first-order valence-corrected chi connectivity index (χ1v) is 4.02. The first kappa shape index (κ1) is 10.5. The van der Waals surface area contributed by atoms with Crippen LogP contribution >= 0.6 is 0 Å². The maximum Gasteiger partial charge on any atom is 0.163 e. The standard InChI is InChI=1S/C10H9F2NO/c1-6(5-13)8-3-7(14-2)4-9(11)10(8)12/h3-4,6H,1-2H3. The molecule has 0 aromatic heterocycles. The average Bonchev–Trinajstić information content (AvgIpc) is 2.20. The molecule has 0 fully saturated rings. The van der Waals surface area contributed by atoms with E-state index in [1.807, 2.05) is 6.07 Å². The zero-order valence-corrected chi connectivity index (χ0v) is 7.84. The zero-order valence-electron chi connectivity index (χ0n) is 7.84. The number of hydrogen-bond donors (Lipinski definition) is 0. The Kier molecular flexibility index (Phi) is 3.03. The molecule has 1 rings (SSSR count). The van der Waals surface area contributed by atoms with E-state index < -0.39 is 17.6 Å². The normalized spacial score (nSPS) is 11.9. The van der Waals surface area contributed by atoms with E-state index in [-0.39, 0.29) is 11.3 Å². The van der Waals surface area contributed by atoms with Gasteiger partial charge in [-0.05, 0) is 13.0 Å². The van der Waals surface area contributed by atoms with Crippen LogP contribution in [0.5, 0.6) is 5.75 Å². The Hall–Kier alpha value is -1.63. The van der Waals surface area contributed by atoms with Gasteiger partial charge >= 0.3 is 0 Å². The molecule has 0 spiro atoms. The summed E-state index contributed by atoms with van der Waals surface area (Å²) in [4.78, 5) is 0. The minimum absolute atomic E-state index is 0.0179. The zero-order chi connectivity index (χ0) is 10.7. The van der Waals surface area contributed by atoms with Gasteiger partial charge in [0.05, 0.1) is 19.1 Å². The van der Waals surface area contributed by atoms with E-state index >= 15 is 0 Å². The molecule has 1 atom stereocenters. The number of benzene rings is 1. The van der Waals surface area contributed by atoms with Crippen LogP contribution in [0.25, 0.3) is 0 Å². The van der Waals surface area contributed by atoms with Crippen LogP contribution in [0.15, 0.2) is 12.1 Å². The van der Waals surface area contributed by atoms with Gasteiger partial charge in [0.2, 0.25) is 0 Å². The first-order valence-electron chi connectivity index (χ1n) is 4.02. The second-order valence-corrected chi connectivity index (χ2v) is 2.86. The molecule has 1 aromatic rings. The Balaban J connectivity index is 3.28. The van der Waals surface area contributed by atoms with Gasteiger partial charge < -0.3 is 4.74 Å². The fraction of sp³-hybridized carbons (Fsp3) is 0.300. The van der Waals surface area contributed by atoms with Gasteiger partial charge in [-0.25, -0.2) is 8.78 Å². The van der Waals surface area contributed by atoms with Crippen LogP contribution in [0.1, 0.15) is 18.4 Å². The van der Waals surface area contributed by atoms with E-state index in [0.717, 1.165) is 6.07 Å². The molecule has 0 aliphatic rings. The van der Waals surface area contributed by atoms with Crippen molar-refractivity contribution in [1.82, 2.24) is 0 Å². The predicted molar refractivity (Wildman–Crippen MR) is 46.9 cm³/mol. The summed E-state index contributed by atoms with van der Waals surface area (Å²) in [7, 11) is 1.35. The Morgan fingerprint density at radius 3 is 2.57 bits per heavy atom. The summed E-state index contributed by atoms with van der Waals surface area (Å²) >= 11 is 0. The van der Waals surface area contributed by atoms with Crippen LogP contribution in [-0.4, -0.2) is 7.11 Å². The molecule has 0 saturated carbocycles. The Morgan fingerprint density at radius 1 is 1.43 bits per heavy atom. The first-order chi connectivity index (χ1) is 6.60. The maximum absolute atomic E-state index is 13.2. The lowest BCUT2D eigenvalue weighted by atomic mass is 10.0. The second-order valence-electron chi connectivity index (χ2n) is 2.86. The molecular formula is C10H9F2NO. The maximum atomic E-state index is 13.2. The van der Waals surface area contributed by atoms with E-state index in [4.69, 9.17) is 10.00 Å². The summed E-state index contributed by atoms with van der Waals surface area (Å²) in [5.41, 5.74) is 0.0179. The lowest BCUT2D eigenvalue weighted by Crippen LogP contribution is -1.99. The Morgan fingerprint density at radius 2 is 2.07 bits per heavy atom. The van der Waals surface area contributed by atoms with Crippen LogP contribution in [0, 0.1) is 23.0 Å². The smallest absolute Gasteiger partial charge is 0.163 e. The highest BCUT2D eigenvalue weighted by atomic mass is 19.2. The molecule has 0 heterocycles. The van der Waals surface area contributed by atoms with Gasteiger partial charge in [-0.1, -0.05) is 0 Å². The molecule has 1 aromatic carbocycles. The minimum atomic E-state index is -0.999.